The molecule has 1 nitrogen and oxygen atoms in total. The van der Waals surface area contributed by atoms with Crippen molar-refractivity contribution < 1.29 is 17.9 Å². The van der Waals surface area contributed by atoms with Gasteiger partial charge >= 0.3 is 0 Å². The van der Waals surface area contributed by atoms with Crippen LogP contribution in [0, 0.1) is 24.6 Å². The van der Waals surface area contributed by atoms with Crippen molar-refractivity contribution in [3.05, 3.63) is 34.6 Å². The minimum absolute atomic E-state index is 0.0777. The first-order chi connectivity index (χ1) is 14.5. The zero-order chi connectivity index (χ0) is 21.5. The fraction of sp³-hybridized carbons (Fsp3) is 0.769. The fourth-order valence-electron chi connectivity index (χ4n) is 5.67. The van der Waals surface area contributed by atoms with Gasteiger partial charge in [0.05, 0.1) is 11.7 Å². The molecule has 30 heavy (non-hydrogen) atoms. The number of alkyl halides is 2. The lowest BCUT2D eigenvalue weighted by Gasteiger charge is -2.30. The third kappa shape index (κ3) is 6.24. The van der Waals surface area contributed by atoms with Crippen molar-refractivity contribution in [2.45, 2.75) is 109 Å². The van der Waals surface area contributed by atoms with Crippen LogP contribution < -0.4 is 0 Å². The Labute approximate surface area is 180 Å². The van der Waals surface area contributed by atoms with Gasteiger partial charge in [-0.15, -0.1) is 0 Å². The highest BCUT2D eigenvalue weighted by Crippen LogP contribution is 2.40. The Kier molecular flexibility index (Phi) is 9.10. The van der Waals surface area contributed by atoms with Crippen molar-refractivity contribution in [3.63, 3.8) is 0 Å². The number of benzene rings is 1. The van der Waals surface area contributed by atoms with E-state index >= 15 is 0 Å². The first kappa shape index (κ1) is 23.6. The first-order valence-electron chi connectivity index (χ1n) is 12.2. The summed E-state index contributed by atoms with van der Waals surface area (Å²) in [6.07, 6.45) is 11.6. The molecule has 2 aliphatic carbocycles. The van der Waals surface area contributed by atoms with Crippen LogP contribution in [-0.4, -0.2) is 12.7 Å². The van der Waals surface area contributed by atoms with Crippen molar-refractivity contribution in [2.24, 2.45) is 11.8 Å². The summed E-state index contributed by atoms with van der Waals surface area (Å²) in [5.41, 5.74) is 0.436. The molecule has 0 N–H and O–H groups in total. The normalized spacial score (nSPS) is 27.5. The molecule has 170 valence electrons. The second-order valence-electron chi connectivity index (χ2n) is 9.66. The zero-order valence-corrected chi connectivity index (χ0v) is 18.8. The van der Waals surface area contributed by atoms with Crippen molar-refractivity contribution in [3.8, 4) is 0 Å². The van der Waals surface area contributed by atoms with Gasteiger partial charge in [0.25, 0.3) is 6.43 Å². The van der Waals surface area contributed by atoms with Gasteiger partial charge in [-0.2, -0.15) is 0 Å². The SMILES string of the molecule is CCCC1CCC(OCCCC2CCC(c3ccc(C)c(C(F)F)c3F)CC2)CC1. The fourth-order valence-corrected chi connectivity index (χ4v) is 5.67. The number of hydrogen-bond donors (Lipinski definition) is 0. The first-order valence-corrected chi connectivity index (χ1v) is 12.2. The van der Waals surface area contributed by atoms with Gasteiger partial charge in [0, 0.05) is 6.61 Å². The molecule has 1 aromatic carbocycles. The number of rotatable bonds is 9. The van der Waals surface area contributed by atoms with Crippen LogP contribution >= 0.6 is 0 Å². The van der Waals surface area contributed by atoms with Gasteiger partial charge in [-0.05, 0) is 100 Å². The topological polar surface area (TPSA) is 9.23 Å². The second-order valence-corrected chi connectivity index (χ2v) is 9.66. The lowest BCUT2D eigenvalue weighted by Crippen LogP contribution is -2.22. The van der Waals surface area contributed by atoms with E-state index in [0.29, 0.717) is 23.1 Å². The molecule has 3 rings (SSSR count). The molecule has 0 amide bonds. The van der Waals surface area contributed by atoms with E-state index in [-0.39, 0.29) is 5.92 Å². The third-order valence-corrected chi connectivity index (χ3v) is 7.53. The van der Waals surface area contributed by atoms with E-state index in [4.69, 9.17) is 4.74 Å². The summed E-state index contributed by atoms with van der Waals surface area (Å²) >= 11 is 0. The van der Waals surface area contributed by atoms with Crippen molar-refractivity contribution in [1.29, 1.82) is 0 Å². The molecule has 2 saturated carbocycles. The summed E-state index contributed by atoms with van der Waals surface area (Å²) in [4.78, 5) is 0. The van der Waals surface area contributed by atoms with E-state index in [1.54, 1.807) is 19.1 Å². The van der Waals surface area contributed by atoms with Gasteiger partial charge in [-0.1, -0.05) is 31.9 Å². The van der Waals surface area contributed by atoms with Gasteiger partial charge in [-0.25, -0.2) is 13.2 Å². The highest BCUT2D eigenvalue weighted by Gasteiger charge is 2.28. The van der Waals surface area contributed by atoms with E-state index < -0.39 is 17.8 Å². The standard InChI is InChI=1S/C26H39F3O/c1-3-5-19-10-14-22(15-11-19)30-17-4-6-20-8-12-21(13-9-20)23-16-7-18(2)24(25(23)27)26(28)29/h7,16,19-22,26H,3-6,8-15,17H2,1-2H3. The van der Waals surface area contributed by atoms with Gasteiger partial charge < -0.3 is 4.74 Å². The Morgan fingerprint density at radius 2 is 1.57 bits per heavy atom. The molecule has 0 unspecified atom stereocenters. The number of halogens is 3. The Bertz CT molecular complexity index is 644. The van der Waals surface area contributed by atoms with Crippen molar-refractivity contribution >= 4 is 0 Å². The van der Waals surface area contributed by atoms with E-state index in [9.17, 15) is 13.2 Å². The lowest BCUT2D eigenvalue weighted by atomic mass is 9.76. The highest BCUT2D eigenvalue weighted by atomic mass is 19.3. The van der Waals surface area contributed by atoms with Crippen LogP contribution in [0.2, 0.25) is 0 Å². The predicted octanol–water partition coefficient (Wildman–Crippen LogP) is 8.50. The maximum atomic E-state index is 14.7. The van der Waals surface area contributed by atoms with E-state index in [1.165, 1.54) is 38.5 Å². The molecular formula is C26H39F3O. The van der Waals surface area contributed by atoms with Crippen molar-refractivity contribution in [2.75, 3.05) is 6.61 Å². The minimum Gasteiger partial charge on any atom is -0.378 e. The molecule has 0 saturated heterocycles. The average Bonchev–Trinajstić information content (AvgIpc) is 2.73. The number of aryl methyl sites for hydroxylation is 1. The number of ether oxygens (including phenoxy) is 1. The van der Waals surface area contributed by atoms with Crippen LogP contribution in [0.15, 0.2) is 12.1 Å². The molecule has 0 bridgehead atoms. The number of hydrogen-bond acceptors (Lipinski definition) is 1. The molecule has 0 radical (unpaired) electrons. The highest BCUT2D eigenvalue weighted by molar-refractivity contribution is 5.36. The predicted molar refractivity (Wildman–Crippen MR) is 117 cm³/mol. The summed E-state index contributed by atoms with van der Waals surface area (Å²) in [7, 11) is 0. The summed E-state index contributed by atoms with van der Waals surface area (Å²) in [6.45, 7) is 4.69. The molecule has 0 aromatic heterocycles. The van der Waals surface area contributed by atoms with Crippen LogP contribution in [0.25, 0.3) is 0 Å². The molecule has 0 atom stereocenters. The van der Waals surface area contributed by atoms with E-state index in [2.05, 4.69) is 6.92 Å². The lowest BCUT2D eigenvalue weighted by molar-refractivity contribution is 0.0135. The quantitative estimate of drug-likeness (QED) is 0.361. The van der Waals surface area contributed by atoms with Crippen LogP contribution in [0.3, 0.4) is 0 Å². The Morgan fingerprint density at radius 3 is 2.20 bits per heavy atom. The third-order valence-electron chi connectivity index (χ3n) is 7.53. The molecule has 0 spiro atoms. The molecule has 4 heteroatoms. The van der Waals surface area contributed by atoms with Gasteiger partial charge in [0.2, 0.25) is 0 Å². The molecule has 2 fully saturated rings. The van der Waals surface area contributed by atoms with Crippen molar-refractivity contribution in [1.82, 2.24) is 0 Å². The summed E-state index contributed by atoms with van der Waals surface area (Å²) in [5.74, 6) is 0.984. The maximum Gasteiger partial charge on any atom is 0.266 e. The van der Waals surface area contributed by atoms with Gasteiger partial charge in [0.15, 0.2) is 0 Å². The Hall–Kier alpha value is -1.03. The van der Waals surface area contributed by atoms with Crippen LogP contribution in [0.4, 0.5) is 13.2 Å². The molecule has 2 aliphatic rings. The molecular weight excluding hydrogens is 385 g/mol. The van der Waals surface area contributed by atoms with E-state index in [1.807, 2.05) is 0 Å². The van der Waals surface area contributed by atoms with Crippen LogP contribution in [0.1, 0.15) is 113 Å². The zero-order valence-electron chi connectivity index (χ0n) is 18.8. The Balaban J connectivity index is 1.36. The molecule has 0 heterocycles. The largest absolute Gasteiger partial charge is 0.378 e. The van der Waals surface area contributed by atoms with Gasteiger partial charge in [0.1, 0.15) is 5.82 Å². The van der Waals surface area contributed by atoms with Gasteiger partial charge in [-0.3, -0.25) is 0 Å². The summed E-state index contributed by atoms with van der Waals surface area (Å²) < 4.78 is 47.2. The smallest absolute Gasteiger partial charge is 0.266 e. The van der Waals surface area contributed by atoms with Crippen LogP contribution in [-0.2, 0) is 4.74 Å². The molecule has 1 aromatic rings. The minimum atomic E-state index is -2.75. The van der Waals surface area contributed by atoms with Crippen LogP contribution in [0.5, 0.6) is 0 Å². The van der Waals surface area contributed by atoms with E-state index in [0.717, 1.165) is 51.0 Å². The maximum absolute atomic E-state index is 14.7. The summed E-state index contributed by atoms with van der Waals surface area (Å²) in [5, 5.41) is 0. The monoisotopic (exact) mass is 424 g/mol. The average molecular weight is 425 g/mol. The summed E-state index contributed by atoms with van der Waals surface area (Å²) in [6, 6.07) is 3.38. The second kappa shape index (κ2) is 11.5. The Morgan fingerprint density at radius 1 is 0.933 bits per heavy atom. The molecule has 0 aliphatic heterocycles.